The normalized spacial score (nSPS) is 10.5. The lowest BCUT2D eigenvalue weighted by Crippen LogP contribution is -2.24. The molecule has 1 aromatic carbocycles. The first-order valence-electron chi connectivity index (χ1n) is 5.70. The highest BCUT2D eigenvalue weighted by atomic mass is 35.5. The van der Waals surface area contributed by atoms with E-state index in [0.29, 0.717) is 17.1 Å². The Bertz CT molecular complexity index is 583. The van der Waals surface area contributed by atoms with Gasteiger partial charge in [0.15, 0.2) is 0 Å². The maximum Gasteiger partial charge on any atom is 0.280 e. The van der Waals surface area contributed by atoms with Crippen molar-refractivity contribution in [3.05, 3.63) is 52.8 Å². The van der Waals surface area contributed by atoms with Gasteiger partial charge >= 0.3 is 0 Å². The molecule has 0 unspecified atom stereocenters. The van der Waals surface area contributed by atoms with Crippen LogP contribution < -0.4 is 0 Å². The lowest BCUT2D eigenvalue weighted by atomic mass is 10.2. The van der Waals surface area contributed by atoms with E-state index in [2.05, 4.69) is 5.10 Å². The predicted octanol–water partition coefficient (Wildman–Crippen LogP) is 2.22. The van der Waals surface area contributed by atoms with Gasteiger partial charge in [0.1, 0.15) is 0 Å². The van der Waals surface area contributed by atoms with Crippen LogP contribution in [0.2, 0.25) is 5.02 Å². The molecule has 0 N–H and O–H groups in total. The summed E-state index contributed by atoms with van der Waals surface area (Å²) >= 11 is 6.08. The quantitative estimate of drug-likeness (QED) is 0.806. The van der Waals surface area contributed by atoms with Gasteiger partial charge in [-0.2, -0.15) is 5.10 Å². The van der Waals surface area contributed by atoms with Crippen molar-refractivity contribution < 1.29 is 9.63 Å². The highest BCUT2D eigenvalue weighted by molar-refractivity contribution is 6.31. The number of amides is 1. The van der Waals surface area contributed by atoms with E-state index in [1.165, 1.54) is 13.3 Å². The van der Waals surface area contributed by atoms with E-state index in [0.717, 1.165) is 10.6 Å². The van der Waals surface area contributed by atoms with Gasteiger partial charge in [0, 0.05) is 18.3 Å². The summed E-state index contributed by atoms with van der Waals surface area (Å²) in [7, 11) is 2.99. The van der Waals surface area contributed by atoms with Crippen LogP contribution in [-0.4, -0.2) is 34.9 Å². The molecule has 5 nitrogen and oxygen atoms in total. The second kappa shape index (κ2) is 5.86. The molecule has 100 valence electrons. The van der Waals surface area contributed by atoms with E-state index >= 15 is 0 Å². The van der Waals surface area contributed by atoms with Gasteiger partial charge in [0.25, 0.3) is 5.91 Å². The molecule has 1 amide bonds. The van der Waals surface area contributed by atoms with Crippen molar-refractivity contribution in [1.82, 2.24) is 14.8 Å². The van der Waals surface area contributed by atoms with Crippen molar-refractivity contribution in [2.45, 2.75) is 6.54 Å². The molecule has 0 bridgehead atoms. The molecule has 0 radical (unpaired) electrons. The van der Waals surface area contributed by atoms with E-state index in [9.17, 15) is 4.79 Å². The molecule has 1 aromatic heterocycles. The second-order valence-corrected chi connectivity index (χ2v) is 4.41. The number of hydrogen-bond acceptors (Lipinski definition) is 3. The largest absolute Gasteiger partial charge is 0.280 e. The molecule has 0 saturated heterocycles. The maximum absolute atomic E-state index is 11.8. The van der Waals surface area contributed by atoms with Crippen LogP contribution in [0.1, 0.15) is 15.9 Å². The van der Waals surface area contributed by atoms with Crippen LogP contribution in [0, 0.1) is 0 Å². The van der Waals surface area contributed by atoms with Crippen molar-refractivity contribution in [3.8, 4) is 0 Å². The lowest BCUT2D eigenvalue weighted by molar-refractivity contribution is -0.0757. The first kappa shape index (κ1) is 13.6. The van der Waals surface area contributed by atoms with E-state index in [1.807, 2.05) is 24.3 Å². The Morgan fingerprint density at radius 2 is 2.21 bits per heavy atom. The van der Waals surface area contributed by atoms with E-state index in [1.54, 1.807) is 17.9 Å². The summed E-state index contributed by atoms with van der Waals surface area (Å²) in [4.78, 5) is 16.7. The summed E-state index contributed by atoms with van der Waals surface area (Å²) < 4.78 is 1.66. The highest BCUT2D eigenvalue weighted by Crippen LogP contribution is 2.16. The zero-order valence-corrected chi connectivity index (χ0v) is 11.5. The molecule has 0 aliphatic heterocycles. The molecule has 1 heterocycles. The Labute approximate surface area is 116 Å². The molecule has 0 fully saturated rings. The van der Waals surface area contributed by atoms with Crippen LogP contribution >= 0.6 is 11.6 Å². The minimum Gasteiger partial charge on any atom is -0.274 e. The molecule has 2 rings (SSSR count). The van der Waals surface area contributed by atoms with Gasteiger partial charge in [0.2, 0.25) is 0 Å². The van der Waals surface area contributed by atoms with Crippen molar-refractivity contribution in [1.29, 1.82) is 0 Å². The van der Waals surface area contributed by atoms with Crippen LogP contribution in [-0.2, 0) is 11.4 Å². The van der Waals surface area contributed by atoms with Crippen LogP contribution in [0.3, 0.4) is 0 Å². The Balaban J connectivity index is 2.14. The zero-order chi connectivity index (χ0) is 13.8. The minimum absolute atomic E-state index is 0.243. The monoisotopic (exact) mass is 279 g/mol. The lowest BCUT2D eigenvalue weighted by Gasteiger charge is -2.11. The fourth-order valence-corrected chi connectivity index (χ4v) is 1.82. The third kappa shape index (κ3) is 3.13. The van der Waals surface area contributed by atoms with Crippen LogP contribution in [0.4, 0.5) is 0 Å². The molecule has 6 heteroatoms. The first-order valence-corrected chi connectivity index (χ1v) is 6.07. The van der Waals surface area contributed by atoms with Crippen molar-refractivity contribution >= 4 is 17.5 Å². The average Bonchev–Trinajstić information content (AvgIpc) is 2.88. The molecule has 0 saturated carbocycles. The third-order valence-electron chi connectivity index (χ3n) is 2.73. The maximum atomic E-state index is 11.8. The number of hydrogen-bond donors (Lipinski definition) is 0. The smallest absolute Gasteiger partial charge is 0.274 e. The van der Waals surface area contributed by atoms with E-state index < -0.39 is 0 Å². The Hall–Kier alpha value is -1.85. The fraction of sp³-hybridized carbons (Fsp3) is 0.231. The first-order chi connectivity index (χ1) is 9.11. The molecule has 0 spiro atoms. The van der Waals surface area contributed by atoms with Gasteiger partial charge in [-0.1, -0.05) is 29.8 Å². The average molecular weight is 280 g/mol. The zero-order valence-electron chi connectivity index (χ0n) is 10.7. The number of halogens is 1. The Morgan fingerprint density at radius 1 is 1.47 bits per heavy atom. The van der Waals surface area contributed by atoms with Gasteiger partial charge < -0.3 is 0 Å². The number of benzene rings is 1. The topological polar surface area (TPSA) is 47.4 Å². The number of hydroxylamine groups is 2. The van der Waals surface area contributed by atoms with Crippen LogP contribution in [0.25, 0.3) is 0 Å². The van der Waals surface area contributed by atoms with Gasteiger partial charge in [0.05, 0.1) is 25.4 Å². The third-order valence-corrected chi connectivity index (χ3v) is 3.10. The summed E-state index contributed by atoms with van der Waals surface area (Å²) in [5, 5.41) is 5.98. The molecular weight excluding hydrogens is 266 g/mol. The second-order valence-electron chi connectivity index (χ2n) is 4.00. The molecule has 0 atom stereocenters. The van der Waals surface area contributed by atoms with Gasteiger partial charge in [-0.05, 0) is 11.6 Å². The Kier molecular flexibility index (Phi) is 4.19. The molecule has 0 aliphatic rings. The number of nitrogens with zero attached hydrogens (tertiary/aromatic N) is 3. The van der Waals surface area contributed by atoms with Gasteiger partial charge in [-0.3, -0.25) is 14.3 Å². The van der Waals surface area contributed by atoms with Gasteiger partial charge in [-0.25, -0.2) is 5.06 Å². The summed E-state index contributed by atoms with van der Waals surface area (Å²) in [6.45, 7) is 0.518. The van der Waals surface area contributed by atoms with E-state index in [4.69, 9.17) is 16.4 Å². The summed E-state index contributed by atoms with van der Waals surface area (Å²) in [5.41, 5.74) is 1.42. The molecular formula is C13H14ClN3O2. The molecule has 19 heavy (non-hydrogen) atoms. The fourth-order valence-electron chi connectivity index (χ4n) is 1.63. The standard InChI is InChI=1S/C13H14ClN3O2/c1-16(19-2)13(18)11-7-15-17(9-11)8-10-5-3-4-6-12(10)14/h3-7,9H,8H2,1-2H3. The SMILES string of the molecule is CON(C)C(=O)c1cnn(Cc2ccccc2Cl)c1. The van der Waals surface area contributed by atoms with E-state index in [-0.39, 0.29) is 5.91 Å². The Morgan fingerprint density at radius 3 is 2.89 bits per heavy atom. The van der Waals surface area contributed by atoms with Crippen LogP contribution in [0.15, 0.2) is 36.7 Å². The summed E-state index contributed by atoms with van der Waals surface area (Å²) in [5.74, 6) is -0.243. The molecule has 0 aliphatic carbocycles. The number of aromatic nitrogens is 2. The van der Waals surface area contributed by atoms with Crippen molar-refractivity contribution in [2.24, 2.45) is 0 Å². The summed E-state index contributed by atoms with van der Waals surface area (Å²) in [6, 6.07) is 7.53. The summed E-state index contributed by atoms with van der Waals surface area (Å²) in [6.07, 6.45) is 3.18. The predicted molar refractivity (Wildman–Crippen MR) is 71.9 cm³/mol. The molecule has 2 aromatic rings. The number of carbonyl (C=O) groups excluding carboxylic acids is 1. The number of rotatable bonds is 4. The van der Waals surface area contributed by atoms with Crippen LogP contribution in [0.5, 0.6) is 0 Å². The van der Waals surface area contributed by atoms with Gasteiger partial charge in [-0.15, -0.1) is 0 Å². The minimum atomic E-state index is -0.243. The highest BCUT2D eigenvalue weighted by Gasteiger charge is 2.13. The van der Waals surface area contributed by atoms with Crippen molar-refractivity contribution in [2.75, 3.05) is 14.2 Å². The number of carbonyl (C=O) groups is 1. The van der Waals surface area contributed by atoms with Crippen molar-refractivity contribution in [3.63, 3.8) is 0 Å².